The number of ether oxygens (including phenoxy) is 1. The van der Waals surface area contributed by atoms with Crippen molar-refractivity contribution in [1.29, 1.82) is 0 Å². The van der Waals surface area contributed by atoms with Crippen LogP contribution < -0.4 is 14.5 Å². The quantitative estimate of drug-likeness (QED) is 0.352. The molecule has 1 aromatic heterocycles. The zero-order valence-corrected chi connectivity index (χ0v) is 21.4. The third-order valence-electron chi connectivity index (χ3n) is 5.06. The Hall–Kier alpha value is -3.01. The number of aryl methyl sites for hydroxylation is 1. The van der Waals surface area contributed by atoms with Crippen molar-refractivity contribution in [2.45, 2.75) is 13.8 Å². The SMILES string of the molecule is COc1ccc(N(CC(=O)N/N=C\c2cc(C)n(-c3ccc(Cl)cc3)c2C)S(C)(=O)=O)cc1Cl. The number of hydrogen-bond donors (Lipinski definition) is 1. The fraction of sp³-hybridized carbons (Fsp3) is 0.217. The lowest BCUT2D eigenvalue weighted by Crippen LogP contribution is -2.39. The van der Waals surface area contributed by atoms with Gasteiger partial charge in [0, 0.05) is 27.7 Å². The average molecular weight is 523 g/mol. The molecule has 0 saturated heterocycles. The average Bonchev–Trinajstić information content (AvgIpc) is 3.05. The molecule has 3 aromatic rings. The fourth-order valence-electron chi connectivity index (χ4n) is 3.46. The van der Waals surface area contributed by atoms with Crippen molar-refractivity contribution in [2.75, 3.05) is 24.2 Å². The van der Waals surface area contributed by atoms with Gasteiger partial charge < -0.3 is 9.30 Å². The molecule has 11 heteroatoms. The monoisotopic (exact) mass is 522 g/mol. The Labute approximate surface area is 208 Å². The molecule has 0 spiro atoms. The van der Waals surface area contributed by atoms with Crippen molar-refractivity contribution >= 4 is 51.0 Å². The third-order valence-corrected chi connectivity index (χ3v) is 6.75. The van der Waals surface area contributed by atoms with Crippen molar-refractivity contribution in [3.05, 3.63) is 75.5 Å². The van der Waals surface area contributed by atoms with Crippen LogP contribution in [-0.2, 0) is 14.8 Å². The van der Waals surface area contributed by atoms with Crippen molar-refractivity contribution in [1.82, 2.24) is 9.99 Å². The van der Waals surface area contributed by atoms with Crippen LogP contribution in [0.2, 0.25) is 10.0 Å². The predicted octanol–water partition coefficient (Wildman–Crippen LogP) is 4.33. The van der Waals surface area contributed by atoms with E-state index in [-0.39, 0.29) is 10.7 Å². The second-order valence-corrected chi connectivity index (χ2v) is 10.3. The molecule has 0 aliphatic carbocycles. The maximum absolute atomic E-state index is 12.5. The van der Waals surface area contributed by atoms with Crippen LogP contribution in [0.5, 0.6) is 5.75 Å². The molecule has 8 nitrogen and oxygen atoms in total. The second kappa shape index (κ2) is 10.5. The van der Waals surface area contributed by atoms with E-state index in [0.717, 1.165) is 33.2 Å². The number of sulfonamides is 1. The first-order valence-electron chi connectivity index (χ1n) is 10.1. The molecular weight excluding hydrogens is 499 g/mol. The minimum absolute atomic E-state index is 0.225. The van der Waals surface area contributed by atoms with Crippen LogP contribution in [0.1, 0.15) is 17.0 Å². The molecule has 0 radical (unpaired) electrons. The van der Waals surface area contributed by atoms with E-state index in [1.54, 1.807) is 0 Å². The second-order valence-electron chi connectivity index (χ2n) is 7.52. The summed E-state index contributed by atoms with van der Waals surface area (Å²) >= 11 is 12.1. The van der Waals surface area contributed by atoms with E-state index in [1.165, 1.54) is 31.5 Å². The molecule has 180 valence electrons. The largest absolute Gasteiger partial charge is 0.495 e. The topological polar surface area (TPSA) is 93.0 Å². The van der Waals surface area contributed by atoms with Gasteiger partial charge in [-0.3, -0.25) is 9.10 Å². The van der Waals surface area contributed by atoms with Crippen LogP contribution in [0.25, 0.3) is 5.69 Å². The van der Waals surface area contributed by atoms with E-state index in [9.17, 15) is 13.2 Å². The van der Waals surface area contributed by atoms with Crippen LogP contribution in [0.3, 0.4) is 0 Å². The Morgan fingerprint density at radius 1 is 1.15 bits per heavy atom. The number of halogens is 2. The van der Waals surface area contributed by atoms with Gasteiger partial charge in [-0.25, -0.2) is 13.8 Å². The molecule has 2 aromatic carbocycles. The van der Waals surface area contributed by atoms with Gasteiger partial charge in [-0.15, -0.1) is 0 Å². The van der Waals surface area contributed by atoms with Crippen LogP contribution in [0.15, 0.2) is 53.6 Å². The molecule has 0 aliphatic rings. The van der Waals surface area contributed by atoms with Crippen molar-refractivity contribution in [3.8, 4) is 11.4 Å². The smallest absolute Gasteiger partial charge is 0.260 e. The summed E-state index contributed by atoms with van der Waals surface area (Å²) in [6.07, 6.45) is 2.52. The number of hydrogen-bond acceptors (Lipinski definition) is 5. The van der Waals surface area contributed by atoms with Gasteiger partial charge in [0.05, 0.1) is 30.3 Å². The Morgan fingerprint density at radius 2 is 1.82 bits per heavy atom. The highest BCUT2D eigenvalue weighted by atomic mass is 35.5. The number of nitrogens with one attached hydrogen (secondary N) is 1. The van der Waals surface area contributed by atoms with E-state index in [4.69, 9.17) is 27.9 Å². The fourth-order valence-corrected chi connectivity index (χ4v) is 4.68. The number of nitrogens with zero attached hydrogens (tertiary/aromatic N) is 3. The number of carbonyl (C=O) groups excluding carboxylic acids is 1. The lowest BCUT2D eigenvalue weighted by molar-refractivity contribution is -0.119. The third kappa shape index (κ3) is 5.91. The predicted molar refractivity (Wildman–Crippen MR) is 136 cm³/mol. The van der Waals surface area contributed by atoms with Crippen molar-refractivity contribution in [3.63, 3.8) is 0 Å². The molecule has 0 saturated carbocycles. The Balaban J connectivity index is 1.74. The summed E-state index contributed by atoms with van der Waals surface area (Å²) in [6.45, 7) is 3.42. The minimum atomic E-state index is -3.76. The summed E-state index contributed by atoms with van der Waals surface area (Å²) in [5.41, 5.74) is 6.27. The van der Waals surface area contributed by atoms with Gasteiger partial charge in [0.2, 0.25) is 10.0 Å². The molecule has 1 heterocycles. The molecule has 0 atom stereocenters. The first kappa shape index (κ1) is 25.6. The van der Waals surface area contributed by atoms with Crippen molar-refractivity contribution in [2.24, 2.45) is 5.10 Å². The van der Waals surface area contributed by atoms with Gasteiger partial charge in [0.15, 0.2) is 0 Å². The summed E-state index contributed by atoms with van der Waals surface area (Å²) in [7, 11) is -2.31. The molecule has 0 unspecified atom stereocenters. The normalized spacial score (nSPS) is 11.6. The summed E-state index contributed by atoms with van der Waals surface area (Å²) < 4.78 is 32.7. The molecule has 34 heavy (non-hydrogen) atoms. The van der Waals surface area contributed by atoms with E-state index in [2.05, 4.69) is 10.5 Å². The lowest BCUT2D eigenvalue weighted by Gasteiger charge is -2.21. The Bertz CT molecular complexity index is 1340. The number of carbonyl (C=O) groups is 1. The highest BCUT2D eigenvalue weighted by molar-refractivity contribution is 7.92. The maximum Gasteiger partial charge on any atom is 0.260 e. The highest BCUT2D eigenvalue weighted by Crippen LogP contribution is 2.30. The van der Waals surface area contributed by atoms with Crippen molar-refractivity contribution < 1.29 is 17.9 Å². The van der Waals surface area contributed by atoms with Gasteiger partial charge in [-0.2, -0.15) is 5.10 Å². The number of rotatable bonds is 8. The summed E-state index contributed by atoms with van der Waals surface area (Å²) in [4.78, 5) is 12.5. The van der Waals surface area contributed by atoms with E-state index in [0.29, 0.717) is 10.8 Å². The zero-order chi connectivity index (χ0) is 25.0. The zero-order valence-electron chi connectivity index (χ0n) is 19.0. The maximum atomic E-state index is 12.5. The van der Waals surface area contributed by atoms with Crippen LogP contribution >= 0.6 is 23.2 Å². The van der Waals surface area contributed by atoms with Gasteiger partial charge in [-0.1, -0.05) is 23.2 Å². The van der Waals surface area contributed by atoms with Crippen LogP contribution in [0.4, 0.5) is 5.69 Å². The number of amides is 1. The van der Waals surface area contributed by atoms with E-state index < -0.39 is 22.5 Å². The molecular formula is C23H24Cl2N4O4S. The molecule has 0 aliphatic heterocycles. The Kier molecular flexibility index (Phi) is 7.91. The molecule has 0 fully saturated rings. The van der Waals surface area contributed by atoms with E-state index >= 15 is 0 Å². The molecule has 1 amide bonds. The van der Waals surface area contributed by atoms with Gasteiger partial charge >= 0.3 is 0 Å². The summed E-state index contributed by atoms with van der Waals surface area (Å²) in [5.74, 6) is -0.218. The van der Waals surface area contributed by atoms with Gasteiger partial charge in [0.1, 0.15) is 12.3 Å². The molecule has 0 bridgehead atoms. The minimum Gasteiger partial charge on any atom is -0.495 e. The van der Waals surface area contributed by atoms with Crippen LogP contribution in [0, 0.1) is 13.8 Å². The highest BCUT2D eigenvalue weighted by Gasteiger charge is 2.22. The lowest BCUT2D eigenvalue weighted by atomic mass is 10.2. The Morgan fingerprint density at radius 3 is 2.41 bits per heavy atom. The molecule has 3 rings (SSSR count). The number of aromatic nitrogens is 1. The summed E-state index contributed by atoms with van der Waals surface area (Å²) in [6, 6.07) is 13.8. The molecule has 1 N–H and O–H groups in total. The number of anilines is 1. The first-order chi connectivity index (χ1) is 16.0. The van der Waals surface area contributed by atoms with E-state index in [1.807, 2.05) is 48.7 Å². The number of hydrazone groups is 1. The number of methoxy groups -OCH3 is 1. The van der Waals surface area contributed by atoms with Gasteiger partial charge in [0.25, 0.3) is 5.91 Å². The first-order valence-corrected chi connectivity index (χ1v) is 12.7. The number of benzene rings is 2. The standard InChI is InChI=1S/C23H24Cl2N4O4S/c1-15-11-17(16(2)29(15)19-7-5-18(24)6-8-19)13-26-27-23(30)14-28(34(4,31)32)20-9-10-22(33-3)21(25)12-20/h5-13H,14H2,1-4H3,(H,27,30)/b26-13-. The van der Waals surface area contributed by atoms with Crippen LogP contribution in [-0.4, -0.2) is 45.0 Å². The summed E-state index contributed by atoms with van der Waals surface area (Å²) in [5, 5.41) is 4.89. The van der Waals surface area contributed by atoms with Gasteiger partial charge in [-0.05, 0) is 62.4 Å².